The van der Waals surface area contributed by atoms with E-state index in [0.717, 1.165) is 6.42 Å². The molecule has 0 fully saturated rings. The molecular formula is C13H24O. The average Bonchev–Trinajstić information content (AvgIpc) is 2.08. The maximum atomic E-state index is 11.4. The Labute approximate surface area is 88.6 Å². The van der Waals surface area contributed by atoms with Crippen molar-refractivity contribution in [2.75, 3.05) is 0 Å². The first-order chi connectivity index (χ1) is 6.45. The molecule has 0 atom stereocenters. The zero-order valence-electron chi connectivity index (χ0n) is 10.1. The first-order valence-corrected chi connectivity index (χ1v) is 5.68. The second-order valence-corrected chi connectivity index (χ2v) is 4.98. The molecule has 0 spiro atoms. The Balaban J connectivity index is 3.61. The van der Waals surface area contributed by atoms with Crippen molar-refractivity contribution in [3.8, 4) is 0 Å². The summed E-state index contributed by atoms with van der Waals surface area (Å²) in [7, 11) is 0. The quantitative estimate of drug-likeness (QED) is 0.461. The topological polar surface area (TPSA) is 17.1 Å². The molecule has 0 rings (SSSR count). The Morgan fingerprint density at radius 2 is 1.79 bits per heavy atom. The van der Waals surface area contributed by atoms with Crippen LogP contribution in [0.3, 0.4) is 0 Å². The second kappa shape index (κ2) is 6.80. The molecule has 0 aliphatic carbocycles. The lowest BCUT2D eigenvalue weighted by Crippen LogP contribution is -2.01. The zero-order chi connectivity index (χ0) is 11.0. The summed E-state index contributed by atoms with van der Waals surface area (Å²) in [5.74, 6) is 0.274. The summed E-state index contributed by atoms with van der Waals surface area (Å²) < 4.78 is 0. The Bertz CT molecular complexity index is 184. The van der Waals surface area contributed by atoms with Crippen molar-refractivity contribution >= 4 is 5.78 Å². The van der Waals surface area contributed by atoms with Gasteiger partial charge in [-0.1, -0.05) is 53.0 Å². The van der Waals surface area contributed by atoms with E-state index in [1.54, 1.807) is 6.08 Å². The summed E-state index contributed by atoms with van der Waals surface area (Å²) >= 11 is 0. The highest BCUT2D eigenvalue weighted by Gasteiger charge is 2.05. The minimum atomic E-state index is 0.124. The standard InChI is InChI=1S/C13H24O/c1-5-6-7-8-9-12(14)10-11-13(2,3)4/h10-11H,5-9H2,1-4H3/b11-10+. The lowest BCUT2D eigenvalue weighted by molar-refractivity contribution is -0.114. The van der Waals surface area contributed by atoms with Crippen molar-refractivity contribution in [1.82, 2.24) is 0 Å². The molecule has 1 heteroatoms. The maximum Gasteiger partial charge on any atom is 0.155 e. The molecule has 0 unspecified atom stereocenters. The van der Waals surface area contributed by atoms with E-state index in [4.69, 9.17) is 0 Å². The molecular weight excluding hydrogens is 172 g/mol. The lowest BCUT2D eigenvalue weighted by atomic mass is 9.95. The van der Waals surface area contributed by atoms with Crippen molar-refractivity contribution < 1.29 is 4.79 Å². The number of allylic oxidation sites excluding steroid dienone is 2. The average molecular weight is 196 g/mol. The van der Waals surface area contributed by atoms with Crippen LogP contribution < -0.4 is 0 Å². The van der Waals surface area contributed by atoms with E-state index < -0.39 is 0 Å². The Kier molecular flexibility index (Phi) is 6.52. The van der Waals surface area contributed by atoms with E-state index in [-0.39, 0.29) is 11.2 Å². The fourth-order valence-electron chi connectivity index (χ4n) is 1.15. The smallest absolute Gasteiger partial charge is 0.155 e. The van der Waals surface area contributed by atoms with E-state index in [9.17, 15) is 4.79 Å². The third-order valence-corrected chi connectivity index (χ3v) is 2.05. The van der Waals surface area contributed by atoms with Gasteiger partial charge in [-0.2, -0.15) is 0 Å². The number of hydrogen-bond donors (Lipinski definition) is 0. The van der Waals surface area contributed by atoms with Gasteiger partial charge in [-0.25, -0.2) is 0 Å². The molecule has 0 saturated carbocycles. The number of hydrogen-bond acceptors (Lipinski definition) is 1. The lowest BCUT2D eigenvalue weighted by Gasteiger charge is -2.10. The van der Waals surface area contributed by atoms with Gasteiger partial charge in [0.25, 0.3) is 0 Å². The van der Waals surface area contributed by atoms with Gasteiger partial charge < -0.3 is 0 Å². The van der Waals surface area contributed by atoms with Crippen LogP contribution in [0.5, 0.6) is 0 Å². The molecule has 0 aliphatic heterocycles. The van der Waals surface area contributed by atoms with Crippen LogP contribution in [0, 0.1) is 5.41 Å². The molecule has 0 aromatic rings. The predicted molar refractivity (Wildman–Crippen MR) is 62.4 cm³/mol. The van der Waals surface area contributed by atoms with Gasteiger partial charge in [-0.3, -0.25) is 4.79 Å². The fraction of sp³-hybridized carbons (Fsp3) is 0.769. The van der Waals surface area contributed by atoms with Crippen LogP contribution in [-0.2, 0) is 4.79 Å². The van der Waals surface area contributed by atoms with Gasteiger partial charge >= 0.3 is 0 Å². The van der Waals surface area contributed by atoms with Crippen molar-refractivity contribution in [2.45, 2.75) is 59.8 Å². The van der Waals surface area contributed by atoms with E-state index in [1.165, 1.54) is 19.3 Å². The van der Waals surface area contributed by atoms with Crippen LogP contribution in [0.15, 0.2) is 12.2 Å². The molecule has 0 amide bonds. The summed E-state index contributed by atoms with van der Waals surface area (Å²) in [6, 6.07) is 0. The summed E-state index contributed by atoms with van der Waals surface area (Å²) in [5, 5.41) is 0. The van der Waals surface area contributed by atoms with Crippen molar-refractivity contribution in [1.29, 1.82) is 0 Å². The van der Waals surface area contributed by atoms with Crippen LogP contribution in [0.1, 0.15) is 59.8 Å². The molecule has 0 aliphatic rings. The van der Waals surface area contributed by atoms with Gasteiger partial charge in [0.15, 0.2) is 5.78 Å². The van der Waals surface area contributed by atoms with E-state index in [1.807, 2.05) is 6.08 Å². The molecule has 1 nitrogen and oxygen atoms in total. The van der Waals surface area contributed by atoms with Crippen molar-refractivity contribution in [3.05, 3.63) is 12.2 Å². The third-order valence-electron chi connectivity index (χ3n) is 2.05. The first kappa shape index (κ1) is 13.4. The largest absolute Gasteiger partial charge is 0.295 e. The Morgan fingerprint density at radius 3 is 2.29 bits per heavy atom. The summed E-state index contributed by atoms with van der Waals surface area (Å²) in [6.07, 6.45) is 9.16. The molecule has 0 aromatic heterocycles. The summed E-state index contributed by atoms with van der Waals surface area (Å²) in [6.45, 7) is 8.50. The predicted octanol–water partition coefficient (Wildman–Crippen LogP) is 4.13. The van der Waals surface area contributed by atoms with Crippen molar-refractivity contribution in [3.63, 3.8) is 0 Å². The third kappa shape index (κ3) is 9.50. The fourth-order valence-corrected chi connectivity index (χ4v) is 1.15. The van der Waals surface area contributed by atoms with Crippen LogP contribution in [0.25, 0.3) is 0 Å². The van der Waals surface area contributed by atoms with Gasteiger partial charge in [-0.15, -0.1) is 0 Å². The monoisotopic (exact) mass is 196 g/mol. The SMILES string of the molecule is CCCCCCC(=O)/C=C/C(C)(C)C. The molecule has 0 radical (unpaired) electrons. The highest BCUT2D eigenvalue weighted by molar-refractivity contribution is 5.89. The zero-order valence-corrected chi connectivity index (χ0v) is 10.1. The number of carbonyl (C=O) groups is 1. The number of unbranched alkanes of at least 4 members (excludes halogenated alkanes) is 3. The molecule has 0 N–H and O–H groups in total. The number of ketones is 1. The van der Waals surface area contributed by atoms with Gasteiger partial charge in [0, 0.05) is 6.42 Å². The number of rotatable bonds is 6. The highest BCUT2D eigenvalue weighted by atomic mass is 16.1. The van der Waals surface area contributed by atoms with E-state index in [2.05, 4.69) is 27.7 Å². The molecule has 82 valence electrons. The van der Waals surface area contributed by atoms with Gasteiger partial charge in [0.1, 0.15) is 0 Å². The second-order valence-electron chi connectivity index (χ2n) is 4.98. The molecule has 0 aromatic carbocycles. The molecule has 0 bridgehead atoms. The van der Waals surface area contributed by atoms with E-state index >= 15 is 0 Å². The normalized spacial score (nSPS) is 12.3. The van der Waals surface area contributed by atoms with Crippen LogP contribution in [0.2, 0.25) is 0 Å². The van der Waals surface area contributed by atoms with Crippen LogP contribution >= 0.6 is 0 Å². The van der Waals surface area contributed by atoms with E-state index in [0.29, 0.717) is 6.42 Å². The minimum Gasteiger partial charge on any atom is -0.295 e. The molecule has 14 heavy (non-hydrogen) atoms. The van der Waals surface area contributed by atoms with Gasteiger partial charge in [0.05, 0.1) is 0 Å². The Hall–Kier alpha value is -0.590. The highest BCUT2D eigenvalue weighted by Crippen LogP contribution is 2.14. The molecule has 0 saturated heterocycles. The number of carbonyl (C=O) groups excluding carboxylic acids is 1. The minimum absolute atomic E-state index is 0.124. The van der Waals surface area contributed by atoms with Gasteiger partial charge in [0.2, 0.25) is 0 Å². The first-order valence-electron chi connectivity index (χ1n) is 5.68. The molecule has 0 heterocycles. The van der Waals surface area contributed by atoms with Crippen LogP contribution in [-0.4, -0.2) is 5.78 Å². The Morgan fingerprint density at radius 1 is 1.14 bits per heavy atom. The van der Waals surface area contributed by atoms with Crippen molar-refractivity contribution in [2.24, 2.45) is 5.41 Å². The van der Waals surface area contributed by atoms with Gasteiger partial charge in [-0.05, 0) is 17.9 Å². The maximum absolute atomic E-state index is 11.4. The summed E-state index contributed by atoms with van der Waals surface area (Å²) in [4.78, 5) is 11.4. The van der Waals surface area contributed by atoms with Crippen LogP contribution in [0.4, 0.5) is 0 Å². The summed E-state index contributed by atoms with van der Waals surface area (Å²) in [5.41, 5.74) is 0.124.